The van der Waals surface area contributed by atoms with Crippen LogP contribution >= 0.6 is 0 Å². The molecular weight excluding hydrogens is 284 g/mol. The van der Waals surface area contributed by atoms with Gasteiger partial charge in [-0.25, -0.2) is 0 Å². The molecule has 0 aromatic rings. The van der Waals surface area contributed by atoms with Gasteiger partial charge in [-0.1, -0.05) is 43.9 Å². The van der Waals surface area contributed by atoms with E-state index in [1.54, 1.807) is 19.1 Å². The van der Waals surface area contributed by atoms with Crippen molar-refractivity contribution < 1.29 is 10.2 Å². The first-order valence-corrected chi connectivity index (χ1v) is 8.46. The molecule has 0 aliphatic carbocycles. The summed E-state index contributed by atoms with van der Waals surface area (Å²) in [5.74, 6) is 12.7. The van der Waals surface area contributed by atoms with E-state index in [0.29, 0.717) is 24.5 Å². The van der Waals surface area contributed by atoms with E-state index in [2.05, 4.69) is 43.6 Å². The smallest absolute Gasteiger partial charge is 0.115 e. The van der Waals surface area contributed by atoms with Crippen LogP contribution in [0.5, 0.6) is 0 Å². The third-order valence-electron chi connectivity index (χ3n) is 3.36. The lowest BCUT2D eigenvalue weighted by atomic mass is 10.0. The molecule has 0 spiro atoms. The van der Waals surface area contributed by atoms with Crippen molar-refractivity contribution in [2.24, 2.45) is 5.92 Å². The van der Waals surface area contributed by atoms with Gasteiger partial charge < -0.3 is 10.2 Å². The first-order chi connectivity index (χ1) is 11.1. The zero-order valence-corrected chi connectivity index (χ0v) is 14.7. The molecule has 2 unspecified atom stereocenters. The summed E-state index contributed by atoms with van der Waals surface area (Å²) in [5.41, 5.74) is 0. The number of aliphatic hydroxyl groups excluding tert-OH is 2. The average Bonchev–Trinajstić information content (AvgIpc) is 2.56. The highest BCUT2D eigenvalue weighted by Gasteiger charge is 1.99. The highest BCUT2D eigenvalue weighted by atomic mass is 16.3. The number of allylic oxidation sites excluding steroid dienone is 6. The van der Waals surface area contributed by atoms with Gasteiger partial charge in [0, 0.05) is 19.3 Å². The number of hydrogen-bond donors (Lipinski definition) is 2. The third kappa shape index (κ3) is 13.5. The first kappa shape index (κ1) is 21.1. The Hall–Kier alpha value is -1.90. The van der Waals surface area contributed by atoms with Gasteiger partial charge in [0.1, 0.15) is 6.10 Å². The predicted molar refractivity (Wildman–Crippen MR) is 98.8 cm³/mol. The maximum absolute atomic E-state index is 9.70. The monoisotopic (exact) mass is 314 g/mol. The second-order valence-electron chi connectivity index (χ2n) is 5.30. The molecule has 0 aromatic carbocycles. The molecule has 126 valence electrons. The summed E-state index contributed by atoms with van der Waals surface area (Å²) < 4.78 is 0. The predicted octanol–water partition coefficient (Wildman–Crippen LogP) is 4.92. The van der Waals surface area contributed by atoms with E-state index in [9.17, 15) is 10.2 Å². The van der Waals surface area contributed by atoms with Crippen molar-refractivity contribution in [1.82, 2.24) is 0 Å². The van der Waals surface area contributed by atoms with Crippen molar-refractivity contribution in [3.8, 4) is 23.7 Å². The van der Waals surface area contributed by atoms with Crippen LogP contribution in [0.4, 0.5) is 0 Å². The van der Waals surface area contributed by atoms with Crippen molar-refractivity contribution >= 4 is 0 Å². The summed E-state index contributed by atoms with van der Waals surface area (Å²) >= 11 is 0. The van der Waals surface area contributed by atoms with Crippen LogP contribution in [0.15, 0.2) is 36.1 Å². The molecule has 2 N–H and O–H groups in total. The molecule has 2 nitrogen and oxygen atoms in total. The molecule has 23 heavy (non-hydrogen) atoms. The van der Waals surface area contributed by atoms with Crippen molar-refractivity contribution in [2.75, 3.05) is 0 Å². The maximum Gasteiger partial charge on any atom is 0.115 e. The van der Waals surface area contributed by atoms with Crippen LogP contribution < -0.4 is 0 Å². The van der Waals surface area contributed by atoms with Crippen molar-refractivity contribution in [2.45, 2.75) is 65.4 Å². The van der Waals surface area contributed by atoms with E-state index < -0.39 is 6.10 Å². The lowest BCUT2D eigenvalue weighted by molar-refractivity contribution is 0.216. The van der Waals surface area contributed by atoms with Crippen LogP contribution in [-0.4, -0.2) is 16.3 Å². The Kier molecular flexibility index (Phi) is 13.8. The minimum Gasteiger partial charge on any atom is -0.513 e. The second kappa shape index (κ2) is 15.0. The number of aliphatic hydroxyl groups is 2. The molecule has 0 aliphatic heterocycles. The van der Waals surface area contributed by atoms with Gasteiger partial charge >= 0.3 is 0 Å². The first-order valence-electron chi connectivity index (χ1n) is 8.46. The van der Waals surface area contributed by atoms with Gasteiger partial charge in [-0.05, 0) is 44.3 Å². The third-order valence-corrected chi connectivity index (χ3v) is 3.36. The lowest BCUT2D eigenvalue weighted by Crippen LogP contribution is -2.02. The molecule has 0 radical (unpaired) electrons. The highest BCUT2D eigenvalue weighted by Crippen LogP contribution is 2.09. The van der Waals surface area contributed by atoms with Crippen LogP contribution in [0, 0.1) is 29.6 Å². The Morgan fingerprint density at radius 2 is 1.96 bits per heavy atom. The van der Waals surface area contributed by atoms with Gasteiger partial charge in [0.2, 0.25) is 0 Å². The van der Waals surface area contributed by atoms with E-state index >= 15 is 0 Å². The fourth-order valence-corrected chi connectivity index (χ4v) is 1.84. The summed E-state index contributed by atoms with van der Waals surface area (Å²) in [6, 6.07) is 0. The lowest BCUT2D eigenvalue weighted by Gasteiger charge is -2.03. The fraction of sp³-hybridized carbons (Fsp3) is 0.524. The molecule has 2 atom stereocenters. The fourth-order valence-electron chi connectivity index (χ4n) is 1.84. The molecule has 2 heteroatoms. The average molecular weight is 314 g/mol. The van der Waals surface area contributed by atoms with Gasteiger partial charge in [0.25, 0.3) is 0 Å². The molecule has 0 heterocycles. The van der Waals surface area contributed by atoms with Gasteiger partial charge in [-0.2, -0.15) is 0 Å². The topological polar surface area (TPSA) is 40.5 Å². The van der Waals surface area contributed by atoms with Crippen molar-refractivity contribution in [3.63, 3.8) is 0 Å². The molecule has 0 aromatic heterocycles. The minimum absolute atomic E-state index is 0.365. The minimum atomic E-state index is -0.638. The molecule has 0 fully saturated rings. The zero-order chi connectivity index (χ0) is 17.3. The molecule has 0 amide bonds. The molecule has 0 rings (SSSR count). The van der Waals surface area contributed by atoms with Crippen molar-refractivity contribution in [3.05, 3.63) is 36.1 Å². The van der Waals surface area contributed by atoms with E-state index in [0.717, 1.165) is 25.7 Å². The van der Waals surface area contributed by atoms with E-state index in [-0.39, 0.29) is 0 Å². The van der Waals surface area contributed by atoms with Gasteiger partial charge in [0.15, 0.2) is 0 Å². The van der Waals surface area contributed by atoms with E-state index in [1.165, 1.54) is 0 Å². The SMILES string of the molecule is CC=C(O)CCCC(O)C#C/C=C/C=C/C(CC)CC#CCC. The Morgan fingerprint density at radius 1 is 1.17 bits per heavy atom. The normalized spacial score (nSPS) is 14.2. The summed E-state index contributed by atoms with van der Waals surface area (Å²) in [6.07, 6.45) is 13.6. The van der Waals surface area contributed by atoms with Crippen LogP contribution in [0.1, 0.15) is 59.3 Å². The number of hydrogen-bond acceptors (Lipinski definition) is 2. The molecular formula is C21H30O2. The van der Waals surface area contributed by atoms with Crippen LogP contribution in [0.2, 0.25) is 0 Å². The summed E-state index contributed by atoms with van der Waals surface area (Å²) in [6.45, 7) is 6.01. The quantitative estimate of drug-likeness (QED) is 0.379. The summed E-state index contributed by atoms with van der Waals surface area (Å²) in [7, 11) is 0. The van der Waals surface area contributed by atoms with Gasteiger partial charge in [-0.3, -0.25) is 0 Å². The molecule has 0 aliphatic rings. The standard InChI is InChI=1S/C21H30O2/c1-4-7-10-14-19(5-2)15-11-8-9-12-16-21(23)18-13-17-20(22)6-3/h6,8-9,11,15,19,21-23H,4-5,13-14,17-18H2,1-3H3/b9-8+,15-11+,20-6?. The Balaban J connectivity index is 4.10. The largest absolute Gasteiger partial charge is 0.513 e. The molecule has 0 bridgehead atoms. The zero-order valence-electron chi connectivity index (χ0n) is 14.7. The van der Waals surface area contributed by atoms with E-state index in [1.807, 2.05) is 12.2 Å². The van der Waals surface area contributed by atoms with Crippen LogP contribution in [0.25, 0.3) is 0 Å². The van der Waals surface area contributed by atoms with Crippen molar-refractivity contribution in [1.29, 1.82) is 0 Å². The number of rotatable bonds is 8. The van der Waals surface area contributed by atoms with Gasteiger partial charge in [-0.15, -0.1) is 11.8 Å². The van der Waals surface area contributed by atoms with E-state index in [4.69, 9.17) is 0 Å². The Morgan fingerprint density at radius 3 is 2.61 bits per heavy atom. The van der Waals surface area contributed by atoms with Crippen LogP contribution in [0.3, 0.4) is 0 Å². The highest BCUT2D eigenvalue weighted by molar-refractivity contribution is 5.21. The summed E-state index contributed by atoms with van der Waals surface area (Å²) in [4.78, 5) is 0. The van der Waals surface area contributed by atoms with Crippen LogP contribution in [-0.2, 0) is 0 Å². The summed E-state index contributed by atoms with van der Waals surface area (Å²) in [5, 5.41) is 19.0. The second-order valence-corrected chi connectivity index (χ2v) is 5.30. The maximum atomic E-state index is 9.70. The molecule has 0 saturated heterocycles. The Bertz CT molecular complexity index is 503. The Labute approximate surface area is 142 Å². The van der Waals surface area contributed by atoms with Gasteiger partial charge in [0.05, 0.1) is 5.76 Å². The molecule has 0 saturated carbocycles.